The minimum absolute atomic E-state index is 0.622. The van der Waals surface area contributed by atoms with Gasteiger partial charge in [0.15, 0.2) is 0 Å². The summed E-state index contributed by atoms with van der Waals surface area (Å²) >= 11 is 0. The van der Waals surface area contributed by atoms with Gasteiger partial charge in [0.2, 0.25) is 0 Å². The van der Waals surface area contributed by atoms with Crippen LogP contribution in [0.4, 0.5) is 13.2 Å². The van der Waals surface area contributed by atoms with Gasteiger partial charge in [0.1, 0.15) is 11.6 Å². The van der Waals surface area contributed by atoms with Crippen molar-refractivity contribution >= 4 is 0 Å². The van der Waals surface area contributed by atoms with Gasteiger partial charge in [-0.25, -0.2) is 0 Å². The standard InChI is InChI=1S/C7H14F3NO2/c1-6(2,11)13-4-5(3-12)7(8,9)10/h5,12H,3-4,11H2,1-2H3/t5-/m0/s1. The fourth-order valence-electron chi connectivity index (χ4n) is 0.566. The Kier molecular flexibility index (Phi) is 4.15. The molecule has 0 amide bonds. The molecule has 0 spiro atoms. The average Bonchev–Trinajstić information content (AvgIpc) is 1.82. The van der Waals surface area contributed by atoms with Gasteiger partial charge < -0.3 is 15.6 Å². The zero-order valence-corrected chi connectivity index (χ0v) is 7.56. The Morgan fingerprint density at radius 3 is 2.08 bits per heavy atom. The number of nitrogens with two attached hydrogens (primary N) is 1. The molecule has 0 aliphatic rings. The summed E-state index contributed by atoms with van der Waals surface area (Å²) in [5, 5.41) is 8.42. The van der Waals surface area contributed by atoms with Crippen LogP contribution in [-0.2, 0) is 4.74 Å². The topological polar surface area (TPSA) is 55.5 Å². The Morgan fingerprint density at radius 2 is 1.85 bits per heavy atom. The third kappa shape index (κ3) is 5.84. The van der Waals surface area contributed by atoms with Gasteiger partial charge in [0.05, 0.1) is 13.2 Å². The summed E-state index contributed by atoms with van der Waals surface area (Å²) in [6.45, 7) is 1.28. The van der Waals surface area contributed by atoms with E-state index in [0.717, 1.165) is 0 Å². The van der Waals surface area contributed by atoms with E-state index in [9.17, 15) is 13.2 Å². The summed E-state index contributed by atoms with van der Waals surface area (Å²) in [6, 6.07) is 0. The van der Waals surface area contributed by atoms with Gasteiger partial charge in [0, 0.05) is 0 Å². The summed E-state index contributed by atoms with van der Waals surface area (Å²) < 4.78 is 40.8. The van der Waals surface area contributed by atoms with Gasteiger partial charge in [0.25, 0.3) is 0 Å². The van der Waals surface area contributed by atoms with E-state index in [1.807, 2.05) is 0 Å². The van der Waals surface area contributed by atoms with Crippen LogP contribution in [0.25, 0.3) is 0 Å². The highest BCUT2D eigenvalue weighted by molar-refractivity contribution is 4.68. The molecule has 0 saturated heterocycles. The SMILES string of the molecule is CC(C)(N)OC[C@H](CO)C(F)(F)F. The monoisotopic (exact) mass is 201 g/mol. The highest BCUT2D eigenvalue weighted by atomic mass is 19.4. The Labute approximate surface area is 74.7 Å². The Bertz CT molecular complexity index is 153. The first-order valence-corrected chi connectivity index (χ1v) is 3.77. The number of halogens is 3. The van der Waals surface area contributed by atoms with E-state index in [2.05, 4.69) is 0 Å². The lowest BCUT2D eigenvalue weighted by Gasteiger charge is -2.24. The number of alkyl halides is 3. The molecule has 0 aromatic rings. The lowest BCUT2D eigenvalue weighted by atomic mass is 10.1. The van der Waals surface area contributed by atoms with E-state index in [1.54, 1.807) is 0 Å². The number of ether oxygens (including phenoxy) is 1. The number of aliphatic hydroxyl groups excluding tert-OH is 1. The molecule has 0 fully saturated rings. The van der Waals surface area contributed by atoms with Crippen molar-refractivity contribution in [1.29, 1.82) is 0 Å². The number of hydrogen-bond acceptors (Lipinski definition) is 3. The average molecular weight is 201 g/mol. The van der Waals surface area contributed by atoms with Gasteiger partial charge in [-0.15, -0.1) is 0 Å². The van der Waals surface area contributed by atoms with Crippen LogP contribution in [0.5, 0.6) is 0 Å². The van der Waals surface area contributed by atoms with Crippen LogP contribution < -0.4 is 5.73 Å². The molecular weight excluding hydrogens is 187 g/mol. The molecule has 0 radical (unpaired) electrons. The highest BCUT2D eigenvalue weighted by Gasteiger charge is 2.39. The van der Waals surface area contributed by atoms with E-state index < -0.39 is 31.0 Å². The molecule has 0 rings (SSSR count). The third-order valence-corrected chi connectivity index (χ3v) is 1.34. The molecule has 13 heavy (non-hydrogen) atoms. The lowest BCUT2D eigenvalue weighted by molar-refractivity contribution is -0.206. The maximum absolute atomic E-state index is 12.0. The zero-order valence-electron chi connectivity index (χ0n) is 7.56. The van der Waals surface area contributed by atoms with Crippen molar-refractivity contribution < 1.29 is 23.0 Å². The molecule has 0 aliphatic heterocycles. The summed E-state index contributed by atoms with van der Waals surface area (Å²) in [5.41, 5.74) is 4.20. The molecule has 0 aliphatic carbocycles. The van der Waals surface area contributed by atoms with Crippen molar-refractivity contribution in [3.05, 3.63) is 0 Å². The van der Waals surface area contributed by atoms with Crippen LogP contribution in [0.1, 0.15) is 13.8 Å². The maximum Gasteiger partial charge on any atom is 0.396 e. The first-order valence-electron chi connectivity index (χ1n) is 3.77. The van der Waals surface area contributed by atoms with Crippen molar-refractivity contribution in [3.63, 3.8) is 0 Å². The van der Waals surface area contributed by atoms with Crippen LogP contribution in [-0.4, -0.2) is 30.2 Å². The van der Waals surface area contributed by atoms with Gasteiger partial charge in [-0.3, -0.25) is 0 Å². The quantitative estimate of drug-likeness (QED) is 0.663. The molecule has 0 aromatic heterocycles. The van der Waals surface area contributed by atoms with Crippen molar-refractivity contribution in [3.8, 4) is 0 Å². The predicted octanol–water partition coefficient (Wildman–Crippen LogP) is 0.869. The van der Waals surface area contributed by atoms with E-state index in [-0.39, 0.29) is 0 Å². The van der Waals surface area contributed by atoms with Gasteiger partial charge >= 0.3 is 6.18 Å². The summed E-state index contributed by atoms with van der Waals surface area (Å²) in [6.07, 6.45) is -4.44. The third-order valence-electron chi connectivity index (χ3n) is 1.34. The van der Waals surface area contributed by atoms with Crippen LogP contribution in [0.15, 0.2) is 0 Å². The summed E-state index contributed by atoms with van der Waals surface area (Å²) in [5.74, 6) is -1.87. The smallest absolute Gasteiger partial charge is 0.396 e. The largest absolute Gasteiger partial charge is 0.396 e. The van der Waals surface area contributed by atoms with Crippen molar-refractivity contribution in [1.82, 2.24) is 0 Å². The van der Waals surface area contributed by atoms with Crippen LogP contribution in [0.2, 0.25) is 0 Å². The Hall–Kier alpha value is -0.330. The molecule has 1 atom stereocenters. The number of hydrogen-bond donors (Lipinski definition) is 2. The number of aliphatic hydroxyl groups is 1. The second-order valence-corrected chi connectivity index (χ2v) is 3.34. The second-order valence-electron chi connectivity index (χ2n) is 3.34. The Morgan fingerprint density at radius 1 is 1.38 bits per heavy atom. The number of rotatable bonds is 4. The van der Waals surface area contributed by atoms with E-state index in [1.165, 1.54) is 13.8 Å². The molecule has 0 heterocycles. The fourth-order valence-corrected chi connectivity index (χ4v) is 0.566. The normalized spacial score (nSPS) is 15.9. The second kappa shape index (κ2) is 4.26. The molecule has 0 aromatic carbocycles. The first kappa shape index (κ1) is 12.7. The van der Waals surface area contributed by atoms with Crippen molar-refractivity contribution in [2.45, 2.75) is 25.7 Å². The van der Waals surface area contributed by atoms with Crippen LogP contribution >= 0.6 is 0 Å². The molecule has 6 heteroatoms. The molecule has 0 unspecified atom stereocenters. The van der Waals surface area contributed by atoms with Crippen molar-refractivity contribution in [2.24, 2.45) is 11.7 Å². The highest BCUT2D eigenvalue weighted by Crippen LogP contribution is 2.26. The van der Waals surface area contributed by atoms with Gasteiger partial charge in [-0.1, -0.05) is 0 Å². The molecule has 3 nitrogen and oxygen atoms in total. The van der Waals surface area contributed by atoms with Crippen molar-refractivity contribution in [2.75, 3.05) is 13.2 Å². The molecule has 3 N–H and O–H groups in total. The first-order chi connectivity index (χ1) is 5.67. The minimum atomic E-state index is -4.44. The summed E-state index contributed by atoms with van der Waals surface area (Å²) in [7, 11) is 0. The molecule has 80 valence electrons. The molecule has 0 bridgehead atoms. The van der Waals surface area contributed by atoms with Crippen LogP contribution in [0, 0.1) is 5.92 Å². The molecular formula is C7H14F3NO2. The van der Waals surface area contributed by atoms with Crippen LogP contribution in [0.3, 0.4) is 0 Å². The Balaban J connectivity index is 4.02. The lowest BCUT2D eigenvalue weighted by Crippen LogP contribution is -2.40. The molecule has 0 saturated carbocycles. The summed E-state index contributed by atoms with van der Waals surface area (Å²) in [4.78, 5) is 0. The minimum Gasteiger partial charge on any atom is -0.396 e. The van der Waals surface area contributed by atoms with Gasteiger partial charge in [-0.2, -0.15) is 13.2 Å². The predicted molar refractivity (Wildman–Crippen MR) is 40.8 cm³/mol. The fraction of sp³-hybridized carbons (Fsp3) is 1.00. The van der Waals surface area contributed by atoms with Gasteiger partial charge in [-0.05, 0) is 13.8 Å². The zero-order chi connectivity index (χ0) is 10.7. The van der Waals surface area contributed by atoms with E-state index in [0.29, 0.717) is 0 Å². The maximum atomic E-state index is 12.0. The van der Waals surface area contributed by atoms with E-state index in [4.69, 9.17) is 15.6 Å². The van der Waals surface area contributed by atoms with E-state index >= 15 is 0 Å².